The van der Waals surface area contributed by atoms with Crippen LogP contribution in [0.4, 0.5) is 0 Å². The number of rotatable bonds is 10. The molecule has 0 rings (SSSR count). The van der Waals surface area contributed by atoms with Crippen LogP contribution in [0, 0.1) is 5.41 Å². The third kappa shape index (κ3) is 10.6. The lowest BCUT2D eigenvalue weighted by molar-refractivity contribution is -0.137. The second-order valence-electron chi connectivity index (χ2n) is 7.18. The Morgan fingerprint density at radius 3 is 2.26 bits per heavy atom. The number of nitrogens with one attached hydrogen (secondary N) is 2. The molecule has 1 unspecified atom stereocenters. The zero-order valence-corrected chi connectivity index (χ0v) is 16.0. The number of aliphatic hydroxyl groups is 1. The molecule has 0 saturated carbocycles. The van der Waals surface area contributed by atoms with Crippen LogP contribution in [-0.4, -0.2) is 60.3 Å². The summed E-state index contributed by atoms with van der Waals surface area (Å²) in [6.07, 6.45) is -0.975. The Hall–Kier alpha value is -0.790. The zero-order valence-electron chi connectivity index (χ0n) is 15.2. The fraction of sp³-hybridized carbons (Fsp3) is 0.875. The van der Waals surface area contributed by atoms with E-state index in [0.717, 1.165) is 5.75 Å². The van der Waals surface area contributed by atoms with Crippen molar-refractivity contribution in [3.63, 3.8) is 0 Å². The molecule has 0 fully saturated rings. The van der Waals surface area contributed by atoms with E-state index in [1.807, 2.05) is 0 Å². The highest BCUT2D eigenvalue weighted by Crippen LogP contribution is 2.22. The van der Waals surface area contributed by atoms with Crippen LogP contribution in [-0.2, 0) is 14.3 Å². The van der Waals surface area contributed by atoms with Gasteiger partial charge in [-0.25, -0.2) is 0 Å². The Bertz CT molecular complexity index is 381. The van der Waals surface area contributed by atoms with Crippen LogP contribution in [0.2, 0.25) is 0 Å². The predicted molar refractivity (Wildman–Crippen MR) is 94.5 cm³/mol. The number of methoxy groups -OCH3 is 1. The highest BCUT2D eigenvalue weighted by Gasteiger charge is 2.33. The molecule has 0 heterocycles. The largest absolute Gasteiger partial charge is 0.384 e. The Morgan fingerprint density at radius 2 is 1.74 bits per heavy atom. The van der Waals surface area contributed by atoms with Gasteiger partial charge in [-0.15, -0.1) is 0 Å². The number of aliphatic hydroxyl groups excluding tert-OH is 1. The van der Waals surface area contributed by atoms with Crippen molar-refractivity contribution in [3.8, 4) is 0 Å². The monoisotopic (exact) mass is 348 g/mol. The molecule has 7 heteroatoms. The van der Waals surface area contributed by atoms with Crippen molar-refractivity contribution in [1.29, 1.82) is 0 Å². The van der Waals surface area contributed by atoms with Crippen LogP contribution < -0.4 is 10.6 Å². The van der Waals surface area contributed by atoms with E-state index in [4.69, 9.17) is 4.74 Å². The van der Waals surface area contributed by atoms with Gasteiger partial charge in [-0.05, 0) is 0 Å². The molecule has 0 radical (unpaired) electrons. The van der Waals surface area contributed by atoms with E-state index in [-0.39, 0.29) is 30.2 Å². The molecule has 3 N–H and O–H groups in total. The van der Waals surface area contributed by atoms with Gasteiger partial charge in [-0.1, -0.05) is 34.6 Å². The van der Waals surface area contributed by atoms with Gasteiger partial charge >= 0.3 is 0 Å². The van der Waals surface area contributed by atoms with Gasteiger partial charge in [0, 0.05) is 42.5 Å². The van der Waals surface area contributed by atoms with Gasteiger partial charge in [0.05, 0.1) is 6.61 Å². The number of amides is 2. The Kier molecular flexibility index (Phi) is 9.80. The fourth-order valence-electron chi connectivity index (χ4n) is 1.84. The number of thioether (sulfide) groups is 1. The van der Waals surface area contributed by atoms with Gasteiger partial charge in [-0.3, -0.25) is 9.59 Å². The van der Waals surface area contributed by atoms with E-state index in [0.29, 0.717) is 6.54 Å². The van der Waals surface area contributed by atoms with E-state index in [1.54, 1.807) is 25.6 Å². The quantitative estimate of drug-likeness (QED) is 0.516. The lowest BCUT2D eigenvalue weighted by Gasteiger charge is -2.28. The Balaban J connectivity index is 3.93. The Labute approximate surface area is 144 Å². The van der Waals surface area contributed by atoms with Gasteiger partial charge in [-0.2, -0.15) is 11.8 Å². The number of carbonyl (C=O) groups excluding carboxylic acids is 2. The maximum absolute atomic E-state index is 11.9. The van der Waals surface area contributed by atoms with E-state index >= 15 is 0 Å². The van der Waals surface area contributed by atoms with Crippen LogP contribution in [0.1, 0.15) is 41.0 Å². The molecule has 0 bridgehead atoms. The molecule has 0 saturated heterocycles. The fourth-order valence-corrected chi connectivity index (χ4v) is 2.65. The smallest absolute Gasteiger partial charge is 0.249 e. The van der Waals surface area contributed by atoms with Crippen LogP contribution in [0.3, 0.4) is 0 Å². The average Bonchev–Trinajstić information content (AvgIpc) is 2.41. The number of hydrogen-bond acceptors (Lipinski definition) is 5. The van der Waals surface area contributed by atoms with E-state index in [1.165, 1.54) is 7.11 Å². The maximum Gasteiger partial charge on any atom is 0.249 e. The second-order valence-corrected chi connectivity index (χ2v) is 9.10. The second kappa shape index (κ2) is 10.2. The molecular formula is C16H32N2O4S. The van der Waals surface area contributed by atoms with Gasteiger partial charge < -0.3 is 20.5 Å². The van der Waals surface area contributed by atoms with Gasteiger partial charge in [0.15, 0.2) is 0 Å². The normalized spacial score (nSPS) is 13.5. The van der Waals surface area contributed by atoms with Crippen molar-refractivity contribution in [2.45, 2.75) is 51.9 Å². The third-order valence-electron chi connectivity index (χ3n) is 3.12. The molecule has 136 valence electrons. The predicted octanol–water partition coefficient (Wildman–Crippen LogP) is 1.17. The molecule has 6 nitrogen and oxygen atoms in total. The average molecular weight is 349 g/mol. The van der Waals surface area contributed by atoms with Gasteiger partial charge in [0.25, 0.3) is 0 Å². The minimum atomic E-state index is -1.17. The summed E-state index contributed by atoms with van der Waals surface area (Å²) in [6.45, 7) is 11.0. The van der Waals surface area contributed by atoms with Gasteiger partial charge in [0.1, 0.15) is 6.10 Å². The van der Waals surface area contributed by atoms with E-state index in [2.05, 4.69) is 31.4 Å². The SMILES string of the molecule is COCC(C)(C)C(O)C(=O)NCCC(=O)NCCSC(C)(C)C. The maximum atomic E-state index is 11.9. The van der Waals surface area contributed by atoms with E-state index in [9.17, 15) is 14.7 Å². The molecule has 0 aliphatic heterocycles. The highest BCUT2D eigenvalue weighted by molar-refractivity contribution is 8.00. The van der Waals surface area contributed by atoms with Crippen molar-refractivity contribution in [2.24, 2.45) is 5.41 Å². The van der Waals surface area contributed by atoms with Crippen LogP contribution in [0.15, 0.2) is 0 Å². The summed E-state index contributed by atoms with van der Waals surface area (Å²) in [7, 11) is 1.52. The summed E-state index contributed by atoms with van der Waals surface area (Å²) in [6, 6.07) is 0. The van der Waals surface area contributed by atoms with Crippen molar-refractivity contribution in [1.82, 2.24) is 10.6 Å². The van der Waals surface area contributed by atoms with Crippen molar-refractivity contribution in [3.05, 3.63) is 0 Å². The van der Waals surface area contributed by atoms with Crippen LogP contribution in [0.5, 0.6) is 0 Å². The third-order valence-corrected chi connectivity index (χ3v) is 4.39. The van der Waals surface area contributed by atoms with E-state index < -0.39 is 17.4 Å². The number of carbonyl (C=O) groups is 2. The number of ether oxygens (including phenoxy) is 1. The summed E-state index contributed by atoms with van der Waals surface area (Å²) in [5.74, 6) is 0.263. The topological polar surface area (TPSA) is 87.7 Å². The molecule has 0 aliphatic rings. The first-order valence-corrected chi connectivity index (χ1v) is 8.83. The van der Waals surface area contributed by atoms with Crippen LogP contribution >= 0.6 is 11.8 Å². The van der Waals surface area contributed by atoms with Crippen molar-refractivity contribution < 1.29 is 19.4 Å². The summed E-state index contributed by atoms with van der Waals surface area (Å²) >= 11 is 1.79. The Morgan fingerprint density at radius 1 is 1.13 bits per heavy atom. The summed E-state index contributed by atoms with van der Waals surface area (Å²) in [5.41, 5.74) is -0.675. The molecule has 1 atom stereocenters. The van der Waals surface area contributed by atoms with Gasteiger partial charge in [0.2, 0.25) is 11.8 Å². The molecule has 0 aromatic carbocycles. The highest BCUT2D eigenvalue weighted by atomic mass is 32.2. The molecule has 2 amide bonds. The summed E-state index contributed by atoms with van der Waals surface area (Å²) in [4.78, 5) is 23.5. The first-order valence-electron chi connectivity index (χ1n) is 7.85. The first-order chi connectivity index (χ1) is 10.5. The first kappa shape index (κ1) is 22.2. The summed E-state index contributed by atoms with van der Waals surface area (Å²) in [5, 5.41) is 15.4. The molecular weight excluding hydrogens is 316 g/mol. The minimum Gasteiger partial charge on any atom is -0.384 e. The van der Waals surface area contributed by atoms with Crippen molar-refractivity contribution >= 4 is 23.6 Å². The molecule has 0 spiro atoms. The van der Waals surface area contributed by atoms with Crippen LogP contribution in [0.25, 0.3) is 0 Å². The molecule has 0 aromatic rings. The lowest BCUT2D eigenvalue weighted by Crippen LogP contribution is -2.46. The zero-order chi connectivity index (χ0) is 18.1. The summed E-state index contributed by atoms with van der Waals surface area (Å²) < 4.78 is 5.18. The molecule has 0 aromatic heterocycles. The van der Waals surface area contributed by atoms with Crippen molar-refractivity contribution in [2.75, 3.05) is 32.6 Å². The standard InChI is InChI=1S/C16H32N2O4S/c1-15(2,3)23-10-9-17-12(19)7-8-18-14(21)13(20)16(4,5)11-22-6/h13,20H,7-11H2,1-6H3,(H,17,19)(H,18,21). The lowest BCUT2D eigenvalue weighted by atomic mass is 9.87. The number of hydrogen-bond donors (Lipinski definition) is 3. The minimum absolute atomic E-state index is 0.106. The molecule has 23 heavy (non-hydrogen) atoms. The molecule has 0 aliphatic carbocycles.